The molecule has 336 valence electrons. The zero-order chi connectivity index (χ0) is 43.0. The molecule has 59 heavy (non-hydrogen) atoms. The van der Waals surface area contributed by atoms with Crippen molar-refractivity contribution in [3.05, 3.63) is 85.1 Å². The Morgan fingerprint density at radius 1 is 0.356 bits per heavy atom. The van der Waals surface area contributed by atoms with Crippen LogP contribution in [0.5, 0.6) is 0 Å². The van der Waals surface area contributed by atoms with Crippen molar-refractivity contribution in [3.63, 3.8) is 0 Å². The van der Waals surface area contributed by atoms with Crippen molar-refractivity contribution in [1.82, 2.24) is 0 Å². The highest BCUT2D eigenvalue weighted by atomic mass is 16.6. The Morgan fingerprint density at radius 2 is 0.678 bits per heavy atom. The molecule has 0 aliphatic carbocycles. The van der Waals surface area contributed by atoms with E-state index in [1.165, 1.54) is 70.6 Å². The largest absolute Gasteiger partial charge is 0.462 e. The van der Waals surface area contributed by atoms with Gasteiger partial charge in [0.15, 0.2) is 6.10 Å². The van der Waals surface area contributed by atoms with Gasteiger partial charge in [-0.25, -0.2) is 0 Å². The maximum absolute atomic E-state index is 12.7. The van der Waals surface area contributed by atoms with E-state index in [2.05, 4.69) is 106 Å². The van der Waals surface area contributed by atoms with Crippen molar-refractivity contribution >= 4 is 17.9 Å². The minimum atomic E-state index is -0.818. The number of rotatable bonds is 42. The first-order chi connectivity index (χ1) is 29.0. The summed E-state index contributed by atoms with van der Waals surface area (Å²) >= 11 is 0. The number of hydrogen-bond donors (Lipinski definition) is 0. The lowest BCUT2D eigenvalue weighted by Gasteiger charge is -2.18. The summed E-state index contributed by atoms with van der Waals surface area (Å²) < 4.78 is 16.6. The Hall–Kier alpha value is -3.41. The smallest absolute Gasteiger partial charge is 0.306 e. The Labute approximate surface area is 363 Å². The second kappa shape index (κ2) is 47.3. The van der Waals surface area contributed by atoms with Gasteiger partial charge in [0.2, 0.25) is 0 Å². The van der Waals surface area contributed by atoms with E-state index in [0.29, 0.717) is 19.3 Å². The maximum atomic E-state index is 12.7. The molecule has 6 nitrogen and oxygen atoms in total. The first kappa shape index (κ1) is 55.6. The number of esters is 3. The number of carbonyl (C=O) groups excluding carboxylic acids is 3. The van der Waals surface area contributed by atoms with Crippen LogP contribution in [0.3, 0.4) is 0 Å². The molecule has 0 bridgehead atoms. The third-order valence-corrected chi connectivity index (χ3v) is 9.86. The molecule has 0 amide bonds. The number of hydrogen-bond acceptors (Lipinski definition) is 6. The van der Waals surface area contributed by atoms with Gasteiger partial charge in [0.25, 0.3) is 0 Å². The molecule has 0 saturated carbocycles. The molecule has 1 atom stereocenters. The lowest BCUT2D eigenvalue weighted by atomic mass is 10.1. The van der Waals surface area contributed by atoms with Gasteiger partial charge >= 0.3 is 17.9 Å². The van der Waals surface area contributed by atoms with Crippen molar-refractivity contribution < 1.29 is 28.6 Å². The second-order valence-corrected chi connectivity index (χ2v) is 15.6. The van der Waals surface area contributed by atoms with E-state index in [4.69, 9.17) is 14.2 Å². The van der Waals surface area contributed by atoms with Crippen molar-refractivity contribution in [2.75, 3.05) is 13.2 Å². The Bertz CT molecular complexity index is 1170. The van der Waals surface area contributed by atoms with Gasteiger partial charge in [-0.2, -0.15) is 0 Å². The highest BCUT2D eigenvalue weighted by Gasteiger charge is 2.19. The number of ether oxygens (including phenoxy) is 3. The molecule has 0 aliphatic rings. The van der Waals surface area contributed by atoms with Crippen molar-refractivity contribution in [1.29, 1.82) is 0 Å². The quantitative estimate of drug-likeness (QED) is 0.0264. The van der Waals surface area contributed by atoms with E-state index >= 15 is 0 Å². The second-order valence-electron chi connectivity index (χ2n) is 15.6. The van der Waals surface area contributed by atoms with Crippen molar-refractivity contribution in [3.8, 4) is 0 Å². The van der Waals surface area contributed by atoms with Crippen molar-refractivity contribution in [2.45, 2.75) is 219 Å². The van der Waals surface area contributed by atoms with Crippen LogP contribution >= 0.6 is 0 Å². The van der Waals surface area contributed by atoms with Gasteiger partial charge in [-0.3, -0.25) is 14.4 Å². The fourth-order valence-corrected chi connectivity index (χ4v) is 6.30. The molecule has 0 spiro atoms. The van der Waals surface area contributed by atoms with E-state index in [1.807, 2.05) is 0 Å². The molecule has 1 unspecified atom stereocenters. The number of unbranched alkanes of at least 4 members (excludes halogenated alkanes) is 17. The highest BCUT2D eigenvalue weighted by molar-refractivity contribution is 5.71. The predicted octanol–water partition coefficient (Wildman–Crippen LogP) is 15.6. The van der Waals surface area contributed by atoms with E-state index < -0.39 is 6.10 Å². The van der Waals surface area contributed by atoms with E-state index in [-0.39, 0.29) is 44.0 Å². The predicted molar refractivity (Wildman–Crippen MR) is 251 cm³/mol. The third-order valence-electron chi connectivity index (χ3n) is 9.86. The Morgan fingerprint density at radius 3 is 1.15 bits per heavy atom. The molecule has 0 radical (unpaired) electrons. The monoisotopic (exact) mass is 821 g/mol. The molecule has 6 heteroatoms. The van der Waals surface area contributed by atoms with Crippen LogP contribution in [-0.4, -0.2) is 37.2 Å². The molecule has 0 aliphatic heterocycles. The van der Waals surface area contributed by atoms with Crippen LogP contribution in [-0.2, 0) is 28.6 Å². The van der Waals surface area contributed by atoms with Gasteiger partial charge in [0, 0.05) is 19.3 Å². The normalized spacial score (nSPS) is 12.8. The van der Waals surface area contributed by atoms with Crippen LogP contribution in [0.2, 0.25) is 0 Å². The summed E-state index contributed by atoms with van der Waals surface area (Å²) in [4.78, 5) is 37.8. The topological polar surface area (TPSA) is 78.9 Å². The van der Waals surface area contributed by atoms with Crippen LogP contribution in [0.25, 0.3) is 0 Å². The van der Waals surface area contributed by atoms with Crippen LogP contribution in [0.1, 0.15) is 213 Å². The average Bonchev–Trinajstić information content (AvgIpc) is 3.23. The van der Waals surface area contributed by atoms with E-state index in [1.54, 1.807) is 0 Å². The van der Waals surface area contributed by atoms with Gasteiger partial charge in [-0.05, 0) is 103 Å². The van der Waals surface area contributed by atoms with Gasteiger partial charge in [-0.15, -0.1) is 0 Å². The summed E-state index contributed by atoms with van der Waals surface area (Å²) in [5, 5.41) is 0. The average molecular weight is 821 g/mol. The fourth-order valence-electron chi connectivity index (χ4n) is 6.30. The van der Waals surface area contributed by atoms with Crippen LogP contribution in [0.15, 0.2) is 85.1 Å². The summed E-state index contributed by atoms with van der Waals surface area (Å²) in [5.41, 5.74) is 0. The zero-order valence-electron chi connectivity index (χ0n) is 38.2. The third kappa shape index (κ3) is 45.5. The first-order valence-electron chi connectivity index (χ1n) is 24.1. The summed E-state index contributed by atoms with van der Waals surface area (Å²) in [6.07, 6.45) is 60.2. The molecule has 0 heterocycles. The van der Waals surface area contributed by atoms with Gasteiger partial charge in [-0.1, -0.05) is 176 Å². The van der Waals surface area contributed by atoms with Crippen molar-refractivity contribution in [2.24, 2.45) is 0 Å². The van der Waals surface area contributed by atoms with Gasteiger partial charge in [0.05, 0.1) is 0 Å². The number of carbonyl (C=O) groups is 3. The summed E-state index contributed by atoms with van der Waals surface area (Å²) in [6, 6.07) is 0. The summed E-state index contributed by atoms with van der Waals surface area (Å²) in [7, 11) is 0. The maximum Gasteiger partial charge on any atom is 0.306 e. The minimum absolute atomic E-state index is 0.113. The van der Waals surface area contributed by atoms with Gasteiger partial charge < -0.3 is 14.2 Å². The molecule has 0 rings (SSSR count). The van der Waals surface area contributed by atoms with E-state index in [0.717, 1.165) is 89.9 Å². The molecule has 0 saturated heterocycles. The Kier molecular flexibility index (Phi) is 44.5. The first-order valence-corrected chi connectivity index (χ1v) is 24.1. The van der Waals surface area contributed by atoms with Crippen LogP contribution in [0, 0.1) is 0 Å². The van der Waals surface area contributed by atoms with Crippen LogP contribution in [0.4, 0.5) is 0 Å². The molecule has 0 fully saturated rings. The fraction of sp³-hybridized carbons (Fsp3) is 0.679. The molecule has 0 aromatic heterocycles. The summed E-state index contributed by atoms with van der Waals surface area (Å²) in [5.74, 6) is -1.02. The van der Waals surface area contributed by atoms with E-state index in [9.17, 15) is 14.4 Å². The summed E-state index contributed by atoms with van der Waals surface area (Å²) in [6.45, 7) is 6.30. The Balaban J connectivity index is 4.44. The van der Waals surface area contributed by atoms with Gasteiger partial charge in [0.1, 0.15) is 13.2 Å². The molecular weight excluding hydrogens is 733 g/mol. The zero-order valence-corrected chi connectivity index (χ0v) is 38.2. The molecule has 0 aromatic rings. The minimum Gasteiger partial charge on any atom is -0.462 e. The molecule has 0 N–H and O–H groups in total. The standard InChI is InChI=1S/C53H88O6/c1-4-7-10-13-16-19-22-24-25-26-27-28-29-32-34-37-40-43-46-52(55)58-49-50(48-57-51(54)45-42-39-36-33-30-21-18-15-12-9-6-3)59-53(56)47-44-41-38-35-31-23-20-17-14-11-8-5-2/h8-9,11-12,17-18,20-21,27-28,31,33,35-36,50H,4-7,10,13-16,19,22-26,29-30,32,34,37-49H2,1-3H3/b11-8-,12-9-,20-17-,21-18-,28-27-,35-31-,36-33-. The number of allylic oxidation sites excluding steroid dienone is 14. The van der Waals surface area contributed by atoms with Crippen LogP contribution < -0.4 is 0 Å². The molecule has 0 aromatic carbocycles. The molecular formula is C53H88O6. The lowest BCUT2D eigenvalue weighted by molar-refractivity contribution is -0.167. The SMILES string of the molecule is CC/C=C\C/C=C\C/C=C\CCCCC(=O)OC(COC(=O)CCC/C=C\C/C=C\C/C=C\CC)COC(=O)CCCCCCC/C=C\CCCCCCCCCCC. The lowest BCUT2D eigenvalue weighted by Crippen LogP contribution is -2.30. The highest BCUT2D eigenvalue weighted by Crippen LogP contribution is 2.13.